The Labute approximate surface area is 273 Å². The largest absolute Gasteiger partial charge is 0.461 e. The van der Waals surface area contributed by atoms with Gasteiger partial charge in [-0.25, -0.2) is 9.18 Å². The van der Waals surface area contributed by atoms with Crippen molar-refractivity contribution in [1.82, 2.24) is 5.32 Å². The number of amides is 1. The highest BCUT2D eigenvalue weighted by molar-refractivity contribution is 6.05. The van der Waals surface area contributed by atoms with Gasteiger partial charge in [0.2, 0.25) is 0 Å². The van der Waals surface area contributed by atoms with Crippen LogP contribution in [0.3, 0.4) is 0 Å². The molecule has 244 valence electrons. The van der Waals surface area contributed by atoms with Gasteiger partial charge in [0.05, 0.1) is 12.0 Å². The first-order valence-electron chi connectivity index (χ1n) is 15.4. The molecule has 0 aliphatic heterocycles. The summed E-state index contributed by atoms with van der Waals surface area (Å²) in [7, 11) is 0. The van der Waals surface area contributed by atoms with Crippen molar-refractivity contribution < 1.29 is 37.8 Å². The number of halogens is 1. The molecule has 0 bridgehead atoms. The van der Waals surface area contributed by atoms with E-state index in [1.165, 1.54) is 24.3 Å². The van der Waals surface area contributed by atoms with Crippen molar-refractivity contribution >= 4 is 23.8 Å². The summed E-state index contributed by atoms with van der Waals surface area (Å²) >= 11 is 0. The second kappa shape index (κ2) is 17.4. The number of rotatable bonds is 15. The molecule has 0 spiro atoms. The minimum absolute atomic E-state index is 0.0345. The molecule has 1 amide bonds. The molecule has 4 aromatic carbocycles. The van der Waals surface area contributed by atoms with Crippen LogP contribution in [0, 0.1) is 23.6 Å². The molecule has 1 unspecified atom stereocenters. The van der Waals surface area contributed by atoms with E-state index in [1.807, 2.05) is 18.2 Å². The quantitative estimate of drug-likeness (QED) is 0.0886. The number of alkyl carbamates (subject to hydrolysis) is 1. The molecule has 0 aliphatic rings. The summed E-state index contributed by atoms with van der Waals surface area (Å²) in [4.78, 5) is 55.0. The minimum atomic E-state index is -1.67. The zero-order valence-electron chi connectivity index (χ0n) is 26.3. The first-order valence-corrected chi connectivity index (χ1v) is 15.4. The van der Waals surface area contributed by atoms with Crippen LogP contribution in [0.2, 0.25) is 0 Å². The zero-order chi connectivity index (χ0) is 33.6. The van der Waals surface area contributed by atoms with Gasteiger partial charge < -0.3 is 19.5 Å². The first-order chi connectivity index (χ1) is 22.7. The third-order valence-electron chi connectivity index (χ3n) is 7.54. The summed E-state index contributed by atoms with van der Waals surface area (Å²) in [6.07, 6.45) is -0.993. The summed E-state index contributed by atoms with van der Waals surface area (Å²) in [5, 5.41) is 2.60. The van der Waals surface area contributed by atoms with E-state index >= 15 is 0 Å². The molecule has 3 atom stereocenters. The van der Waals surface area contributed by atoms with Crippen LogP contribution in [0.5, 0.6) is 0 Å². The number of ether oxygens (including phenoxy) is 3. The molecule has 0 aliphatic carbocycles. The molecule has 4 rings (SSSR count). The molecule has 1 N–H and O–H groups in total. The molecule has 0 fully saturated rings. The Morgan fingerprint density at radius 3 is 1.51 bits per heavy atom. The molecule has 0 radical (unpaired) electrons. The van der Waals surface area contributed by atoms with Crippen LogP contribution in [-0.2, 0) is 54.8 Å². The van der Waals surface area contributed by atoms with Gasteiger partial charge in [0, 0.05) is 0 Å². The maximum absolute atomic E-state index is 14.4. The molecular weight excluding hydrogens is 601 g/mol. The Bertz CT molecular complexity index is 1600. The van der Waals surface area contributed by atoms with Crippen LogP contribution < -0.4 is 5.32 Å². The Balaban J connectivity index is 1.64. The van der Waals surface area contributed by atoms with Crippen molar-refractivity contribution in [3.05, 3.63) is 143 Å². The number of nitrogens with one attached hydrogen (secondary N) is 1. The molecule has 8 nitrogen and oxygen atoms in total. The van der Waals surface area contributed by atoms with Crippen molar-refractivity contribution in [2.75, 3.05) is 0 Å². The standard InChI is InChI=1S/C38H38FNO7/c1-26(2)34(40-38(44)47-25-30-16-10-5-11-17-30)35(41)33(37(43)46-24-29-14-8-4-9-15-29)32(22-27-18-20-31(39)21-19-27)36(42)45-23-28-12-6-3-7-13-28/h3-21,26,32-34H,22-25H2,1-2H3,(H,40,44)/t32-,33?,34+/m1/s1. The van der Waals surface area contributed by atoms with Gasteiger partial charge in [-0.05, 0) is 46.7 Å². The average molecular weight is 640 g/mol. The number of benzene rings is 4. The summed E-state index contributed by atoms with van der Waals surface area (Å²) < 4.78 is 30.4. The molecule has 0 saturated carbocycles. The fourth-order valence-corrected chi connectivity index (χ4v) is 5.00. The van der Waals surface area contributed by atoms with Gasteiger partial charge in [-0.1, -0.05) is 117 Å². The molecule has 0 heterocycles. The predicted octanol–water partition coefficient (Wildman–Crippen LogP) is 6.61. The van der Waals surface area contributed by atoms with Gasteiger partial charge in [0.15, 0.2) is 5.78 Å². The number of carbonyl (C=O) groups is 4. The van der Waals surface area contributed by atoms with Crippen LogP contribution >= 0.6 is 0 Å². The van der Waals surface area contributed by atoms with E-state index in [-0.39, 0.29) is 26.2 Å². The maximum atomic E-state index is 14.4. The number of hydrogen-bond donors (Lipinski definition) is 1. The van der Waals surface area contributed by atoms with Gasteiger partial charge in [-0.15, -0.1) is 0 Å². The topological polar surface area (TPSA) is 108 Å². The van der Waals surface area contributed by atoms with Gasteiger partial charge in [-0.2, -0.15) is 0 Å². The third-order valence-corrected chi connectivity index (χ3v) is 7.54. The van der Waals surface area contributed by atoms with E-state index < -0.39 is 53.4 Å². The Kier molecular flexibility index (Phi) is 12.8. The van der Waals surface area contributed by atoms with E-state index in [0.717, 1.165) is 5.56 Å². The predicted molar refractivity (Wildman–Crippen MR) is 173 cm³/mol. The monoisotopic (exact) mass is 639 g/mol. The molecule has 9 heteroatoms. The lowest BCUT2D eigenvalue weighted by molar-refractivity contribution is -0.165. The lowest BCUT2D eigenvalue weighted by Gasteiger charge is -2.29. The number of hydrogen-bond acceptors (Lipinski definition) is 7. The summed E-state index contributed by atoms with van der Waals surface area (Å²) in [5.74, 6) is -6.52. The van der Waals surface area contributed by atoms with E-state index in [2.05, 4.69) is 5.32 Å². The van der Waals surface area contributed by atoms with Gasteiger partial charge in [0.1, 0.15) is 31.6 Å². The van der Waals surface area contributed by atoms with E-state index in [9.17, 15) is 23.6 Å². The van der Waals surface area contributed by atoms with Gasteiger partial charge in [0.25, 0.3) is 0 Å². The Morgan fingerprint density at radius 2 is 1.04 bits per heavy atom. The zero-order valence-corrected chi connectivity index (χ0v) is 26.3. The SMILES string of the molecule is CC(C)[C@H](NC(=O)OCc1ccccc1)C(=O)C(C(=O)OCc1ccccc1)[C@@H](Cc1ccc(F)cc1)C(=O)OCc1ccccc1. The second-order valence-electron chi connectivity index (χ2n) is 11.4. The number of Topliss-reactive ketones (excluding diaryl/α,β-unsaturated/α-hetero) is 1. The second-order valence-corrected chi connectivity index (χ2v) is 11.4. The van der Waals surface area contributed by atoms with Crippen molar-refractivity contribution in [2.24, 2.45) is 17.8 Å². The maximum Gasteiger partial charge on any atom is 0.408 e. The molecule has 0 aromatic heterocycles. The van der Waals surface area contributed by atoms with Crippen LogP contribution in [-0.4, -0.2) is 29.9 Å². The fourth-order valence-electron chi connectivity index (χ4n) is 5.00. The van der Waals surface area contributed by atoms with Crippen molar-refractivity contribution in [1.29, 1.82) is 0 Å². The van der Waals surface area contributed by atoms with Gasteiger partial charge >= 0.3 is 18.0 Å². The Hall–Kier alpha value is -5.31. The lowest BCUT2D eigenvalue weighted by Crippen LogP contribution is -2.51. The van der Waals surface area contributed by atoms with Crippen LogP contribution in [0.4, 0.5) is 9.18 Å². The fraction of sp³-hybridized carbons (Fsp3) is 0.263. The third kappa shape index (κ3) is 10.6. The van der Waals surface area contributed by atoms with Crippen LogP contribution in [0.1, 0.15) is 36.1 Å². The van der Waals surface area contributed by atoms with E-state index in [4.69, 9.17) is 14.2 Å². The summed E-state index contributed by atoms with van der Waals surface area (Å²) in [5.41, 5.74) is 2.63. The lowest BCUT2D eigenvalue weighted by atomic mass is 9.79. The minimum Gasteiger partial charge on any atom is -0.461 e. The highest BCUT2D eigenvalue weighted by atomic mass is 19.1. The van der Waals surface area contributed by atoms with Crippen LogP contribution in [0.15, 0.2) is 115 Å². The van der Waals surface area contributed by atoms with Crippen molar-refractivity contribution in [3.63, 3.8) is 0 Å². The summed E-state index contributed by atoms with van der Waals surface area (Å²) in [6, 6.07) is 31.1. The Morgan fingerprint density at radius 1 is 0.596 bits per heavy atom. The first kappa shape index (κ1) is 34.6. The highest BCUT2D eigenvalue weighted by Gasteiger charge is 2.45. The van der Waals surface area contributed by atoms with Crippen molar-refractivity contribution in [3.8, 4) is 0 Å². The smallest absolute Gasteiger partial charge is 0.408 e. The van der Waals surface area contributed by atoms with Gasteiger partial charge in [-0.3, -0.25) is 14.4 Å². The van der Waals surface area contributed by atoms with E-state index in [1.54, 1.807) is 86.6 Å². The molecule has 47 heavy (non-hydrogen) atoms. The molecule has 4 aromatic rings. The number of ketones is 1. The molecular formula is C38H38FNO7. The highest BCUT2D eigenvalue weighted by Crippen LogP contribution is 2.27. The molecule has 0 saturated heterocycles. The van der Waals surface area contributed by atoms with Crippen molar-refractivity contribution in [2.45, 2.75) is 46.1 Å². The normalized spacial score (nSPS) is 12.8. The van der Waals surface area contributed by atoms with E-state index in [0.29, 0.717) is 16.7 Å². The summed E-state index contributed by atoms with van der Waals surface area (Å²) in [6.45, 7) is 3.12. The number of carbonyl (C=O) groups excluding carboxylic acids is 4. The van der Waals surface area contributed by atoms with Crippen LogP contribution in [0.25, 0.3) is 0 Å². The number of esters is 2. The average Bonchev–Trinajstić information content (AvgIpc) is 3.09.